The monoisotopic (exact) mass is 338 g/mol. The lowest BCUT2D eigenvalue weighted by Crippen LogP contribution is -2.07. The number of phenolic OH excluding ortho intramolecular Hbond substituents is 2. The van der Waals surface area contributed by atoms with Crippen molar-refractivity contribution in [1.82, 2.24) is 9.78 Å². The van der Waals surface area contributed by atoms with Gasteiger partial charge in [-0.2, -0.15) is 18.3 Å². The standard InChI is InChI=1S/C16H13F3N2O3/c17-16(18,19)10-2-3-11-12(8-10)21(5-6-22)20-15(11)9-1-4-13(23)14(24)7-9/h1-4,7-8,22-24H,5-6H2. The number of aromatic hydroxyl groups is 2. The molecule has 0 fully saturated rings. The molecular weight excluding hydrogens is 325 g/mol. The Kier molecular flexibility index (Phi) is 3.84. The molecule has 3 rings (SSSR count). The molecule has 5 nitrogen and oxygen atoms in total. The number of fused-ring (bicyclic) bond motifs is 1. The smallest absolute Gasteiger partial charge is 0.416 e. The Labute approximate surface area is 134 Å². The zero-order valence-corrected chi connectivity index (χ0v) is 12.2. The average molecular weight is 338 g/mol. The number of rotatable bonds is 3. The Morgan fingerprint density at radius 3 is 2.38 bits per heavy atom. The molecule has 0 bridgehead atoms. The largest absolute Gasteiger partial charge is 0.504 e. The summed E-state index contributed by atoms with van der Waals surface area (Å²) in [4.78, 5) is 0. The van der Waals surface area contributed by atoms with E-state index in [9.17, 15) is 23.4 Å². The van der Waals surface area contributed by atoms with E-state index in [-0.39, 0.29) is 30.2 Å². The Hall–Kier alpha value is -2.74. The summed E-state index contributed by atoms with van der Waals surface area (Å²) < 4.78 is 40.0. The van der Waals surface area contributed by atoms with Crippen molar-refractivity contribution < 1.29 is 28.5 Å². The minimum absolute atomic E-state index is 0.0296. The number of hydrogen-bond acceptors (Lipinski definition) is 4. The van der Waals surface area contributed by atoms with Crippen molar-refractivity contribution >= 4 is 10.9 Å². The Bertz CT molecular complexity index is 903. The third kappa shape index (κ3) is 2.76. The van der Waals surface area contributed by atoms with Gasteiger partial charge in [0, 0.05) is 10.9 Å². The second-order valence-corrected chi connectivity index (χ2v) is 5.23. The fourth-order valence-corrected chi connectivity index (χ4v) is 2.50. The van der Waals surface area contributed by atoms with Gasteiger partial charge in [0.1, 0.15) is 5.69 Å². The van der Waals surface area contributed by atoms with Crippen LogP contribution in [0.5, 0.6) is 11.5 Å². The van der Waals surface area contributed by atoms with E-state index in [0.29, 0.717) is 16.6 Å². The van der Waals surface area contributed by atoms with Crippen LogP contribution in [0, 0.1) is 0 Å². The maximum absolute atomic E-state index is 12.9. The second kappa shape index (κ2) is 5.72. The van der Waals surface area contributed by atoms with Crippen LogP contribution in [0.3, 0.4) is 0 Å². The number of nitrogens with zero attached hydrogens (tertiary/aromatic N) is 2. The van der Waals surface area contributed by atoms with Gasteiger partial charge in [-0.3, -0.25) is 4.68 Å². The van der Waals surface area contributed by atoms with Crippen LogP contribution in [-0.4, -0.2) is 31.7 Å². The molecule has 1 heterocycles. The summed E-state index contributed by atoms with van der Waals surface area (Å²) in [6.07, 6.45) is -4.49. The molecule has 0 unspecified atom stereocenters. The van der Waals surface area contributed by atoms with Crippen molar-refractivity contribution in [3.8, 4) is 22.8 Å². The van der Waals surface area contributed by atoms with Gasteiger partial charge in [0.2, 0.25) is 0 Å². The molecule has 0 spiro atoms. The van der Waals surface area contributed by atoms with Crippen molar-refractivity contribution in [3.63, 3.8) is 0 Å². The lowest BCUT2D eigenvalue weighted by atomic mass is 10.1. The molecule has 24 heavy (non-hydrogen) atoms. The van der Waals surface area contributed by atoms with Crippen LogP contribution >= 0.6 is 0 Å². The van der Waals surface area contributed by atoms with E-state index in [1.807, 2.05) is 0 Å². The van der Waals surface area contributed by atoms with Crippen LogP contribution in [0.4, 0.5) is 13.2 Å². The van der Waals surface area contributed by atoms with Gasteiger partial charge in [-0.25, -0.2) is 0 Å². The summed E-state index contributed by atoms with van der Waals surface area (Å²) in [7, 11) is 0. The molecule has 1 aromatic heterocycles. The van der Waals surface area contributed by atoms with Gasteiger partial charge in [-0.05, 0) is 36.4 Å². The van der Waals surface area contributed by atoms with Crippen LogP contribution in [0.25, 0.3) is 22.2 Å². The quantitative estimate of drug-likeness (QED) is 0.641. The molecule has 0 aliphatic carbocycles. The molecule has 0 amide bonds. The number of aliphatic hydroxyl groups excluding tert-OH is 1. The van der Waals surface area contributed by atoms with Gasteiger partial charge < -0.3 is 15.3 Å². The molecular formula is C16H13F3N2O3. The fraction of sp³-hybridized carbons (Fsp3) is 0.188. The highest BCUT2D eigenvalue weighted by molar-refractivity contribution is 5.94. The van der Waals surface area contributed by atoms with Gasteiger partial charge in [0.25, 0.3) is 0 Å². The highest BCUT2D eigenvalue weighted by atomic mass is 19.4. The number of alkyl halides is 3. The van der Waals surface area contributed by atoms with E-state index in [1.165, 1.54) is 28.9 Å². The number of halogens is 3. The van der Waals surface area contributed by atoms with Crippen LogP contribution < -0.4 is 0 Å². The number of hydrogen-bond donors (Lipinski definition) is 3. The average Bonchev–Trinajstić information content (AvgIpc) is 2.88. The van der Waals surface area contributed by atoms with Gasteiger partial charge >= 0.3 is 6.18 Å². The molecule has 2 aromatic carbocycles. The van der Waals surface area contributed by atoms with E-state index in [2.05, 4.69) is 5.10 Å². The third-order valence-electron chi connectivity index (χ3n) is 3.64. The number of benzene rings is 2. The molecule has 3 aromatic rings. The molecule has 0 saturated heterocycles. The third-order valence-corrected chi connectivity index (χ3v) is 3.64. The van der Waals surface area contributed by atoms with Crippen molar-refractivity contribution in [2.75, 3.05) is 6.61 Å². The molecule has 0 aliphatic heterocycles. The normalized spacial score (nSPS) is 12.0. The summed E-state index contributed by atoms with van der Waals surface area (Å²) in [5.74, 6) is -0.665. The first kappa shape index (κ1) is 16.1. The maximum Gasteiger partial charge on any atom is 0.416 e. The summed E-state index contributed by atoms with van der Waals surface area (Å²) >= 11 is 0. The maximum atomic E-state index is 12.9. The van der Waals surface area contributed by atoms with E-state index >= 15 is 0 Å². The topological polar surface area (TPSA) is 78.5 Å². The van der Waals surface area contributed by atoms with Gasteiger partial charge in [-0.15, -0.1) is 0 Å². The summed E-state index contributed by atoms with van der Waals surface area (Å²) in [6.45, 7) is -0.255. The summed E-state index contributed by atoms with van der Waals surface area (Å²) in [5, 5.41) is 32.8. The number of aromatic nitrogens is 2. The zero-order chi connectivity index (χ0) is 17.5. The van der Waals surface area contributed by atoms with Crippen LogP contribution in [0.1, 0.15) is 5.56 Å². The molecule has 0 saturated carbocycles. The predicted octanol–water partition coefficient (Wildman–Crippen LogP) is 3.13. The van der Waals surface area contributed by atoms with Crippen LogP contribution in [-0.2, 0) is 12.7 Å². The first-order valence-electron chi connectivity index (χ1n) is 7.02. The minimum Gasteiger partial charge on any atom is -0.504 e. The molecule has 8 heteroatoms. The van der Waals surface area contributed by atoms with Crippen molar-refractivity contribution in [2.24, 2.45) is 0 Å². The van der Waals surface area contributed by atoms with Gasteiger partial charge in [-0.1, -0.05) is 0 Å². The predicted molar refractivity (Wildman–Crippen MR) is 80.6 cm³/mol. The second-order valence-electron chi connectivity index (χ2n) is 5.23. The van der Waals surface area contributed by atoms with Crippen LogP contribution in [0.15, 0.2) is 36.4 Å². The first-order chi connectivity index (χ1) is 11.3. The molecule has 3 N–H and O–H groups in total. The van der Waals surface area contributed by atoms with E-state index in [1.54, 1.807) is 0 Å². The number of phenols is 2. The molecule has 0 atom stereocenters. The van der Waals surface area contributed by atoms with Gasteiger partial charge in [0.05, 0.1) is 24.2 Å². The molecule has 126 valence electrons. The highest BCUT2D eigenvalue weighted by Crippen LogP contribution is 2.36. The van der Waals surface area contributed by atoms with Crippen molar-refractivity contribution in [1.29, 1.82) is 0 Å². The molecule has 0 aliphatic rings. The molecule has 0 radical (unpaired) electrons. The Balaban J connectivity index is 2.23. The zero-order valence-electron chi connectivity index (χ0n) is 12.2. The van der Waals surface area contributed by atoms with E-state index < -0.39 is 11.7 Å². The fourth-order valence-electron chi connectivity index (χ4n) is 2.50. The SMILES string of the molecule is OCCn1nc(-c2ccc(O)c(O)c2)c2ccc(C(F)(F)F)cc21. The summed E-state index contributed by atoms with van der Waals surface area (Å²) in [6, 6.07) is 7.28. The Morgan fingerprint density at radius 2 is 1.75 bits per heavy atom. The lowest BCUT2D eigenvalue weighted by molar-refractivity contribution is -0.137. The Morgan fingerprint density at radius 1 is 1.00 bits per heavy atom. The highest BCUT2D eigenvalue weighted by Gasteiger charge is 2.31. The van der Waals surface area contributed by atoms with E-state index in [0.717, 1.165) is 12.1 Å². The van der Waals surface area contributed by atoms with Crippen molar-refractivity contribution in [2.45, 2.75) is 12.7 Å². The van der Waals surface area contributed by atoms with Gasteiger partial charge in [0.15, 0.2) is 11.5 Å². The lowest BCUT2D eigenvalue weighted by Gasteiger charge is -2.07. The summed E-state index contributed by atoms with van der Waals surface area (Å²) in [5.41, 5.74) is 0.199. The van der Waals surface area contributed by atoms with Crippen molar-refractivity contribution in [3.05, 3.63) is 42.0 Å². The van der Waals surface area contributed by atoms with Crippen LogP contribution in [0.2, 0.25) is 0 Å². The minimum atomic E-state index is -4.49. The number of aliphatic hydroxyl groups is 1. The first-order valence-corrected chi connectivity index (χ1v) is 7.02. The van der Waals surface area contributed by atoms with E-state index in [4.69, 9.17) is 5.11 Å².